The molecule has 2 aromatic carbocycles. The van der Waals surface area contributed by atoms with Gasteiger partial charge in [0.05, 0.1) is 19.3 Å². The third kappa shape index (κ3) is 5.08. The topological polar surface area (TPSA) is 21.7 Å². The lowest BCUT2D eigenvalue weighted by atomic mass is 9.88. The quantitative estimate of drug-likeness (QED) is 0.538. The van der Waals surface area contributed by atoms with Gasteiger partial charge in [0.15, 0.2) is 0 Å². The Hall–Kier alpha value is -2.00. The van der Waals surface area contributed by atoms with Crippen LogP contribution in [0.2, 0.25) is 0 Å². The first-order valence-corrected chi connectivity index (χ1v) is 10.9. The predicted octanol–water partition coefficient (Wildman–Crippen LogP) is 6.27. The van der Waals surface area contributed by atoms with Crippen molar-refractivity contribution in [2.24, 2.45) is 0 Å². The summed E-state index contributed by atoms with van der Waals surface area (Å²) in [5.41, 5.74) is 5.40. The Balaban J connectivity index is 1.94. The molecule has 1 aliphatic heterocycles. The zero-order valence-electron chi connectivity index (χ0n) is 17.9. The highest BCUT2D eigenvalue weighted by atomic mass is 16.5. The standard InChI is InChI=1S/C25H35NO2/c1-5-7-20(6-2)24-13-10-22(18-25(24)26-14-16-27-17-15-26)21-8-11-23(12-9-21)28-19(3)4/h8-13,18-20H,5-7,14-17H2,1-4H3. The molecule has 0 amide bonds. The molecule has 0 N–H and O–H groups in total. The Labute approximate surface area is 170 Å². The summed E-state index contributed by atoms with van der Waals surface area (Å²) in [4.78, 5) is 2.51. The highest BCUT2D eigenvalue weighted by Crippen LogP contribution is 2.37. The van der Waals surface area contributed by atoms with Crippen LogP contribution in [0.3, 0.4) is 0 Å². The smallest absolute Gasteiger partial charge is 0.119 e. The summed E-state index contributed by atoms with van der Waals surface area (Å²) in [6.07, 6.45) is 3.85. The maximum atomic E-state index is 5.79. The molecule has 1 atom stereocenters. The van der Waals surface area contributed by atoms with Crippen LogP contribution in [0.1, 0.15) is 58.4 Å². The summed E-state index contributed by atoms with van der Waals surface area (Å²) < 4.78 is 11.4. The van der Waals surface area contributed by atoms with Crippen LogP contribution in [0.4, 0.5) is 5.69 Å². The van der Waals surface area contributed by atoms with Crippen LogP contribution < -0.4 is 9.64 Å². The van der Waals surface area contributed by atoms with Gasteiger partial charge in [0, 0.05) is 18.8 Å². The lowest BCUT2D eigenvalue weighted by Gasteiger charge is -2.33. The van der Waals surface area contributed by atoms with Crippen LogP contribution in [-0.2, 0) is 4.74 Å². The molecular formula is C25H35NO2. The first kappa shape index (κ1) is 20.7. The summed E-state index contributed by atoms with van der Waals surface area (Å²) in [5.74, 6) is 1.55. The fraction of sp³-hybridized carbons (Fsp3) is 0.520. The molecule has 28 heavy (non-hydrogen) atoms. The number of hydrogen-bond donors (Lipinski definition) is 0. The molecule has 152 valence electrons. The van der Waals surface area contributed by atoms with Gasteiger partial charge in [0.25, 0.3) is 0 Å². The van der Waals surface area contributed by atoms with E-state index in [0.717, 1.165) is 32.1 Å². The number of anilines is 1. The van der Waals surface area contributed by atoms with Gasteiger partial charge in [-0.2, -0.15) is 0 Å². The van der Waals surface area contributed by atoms with Gasteiger partial charge in [-0.1, -0.05) is 44.5 Å². The minimum Gasteiger partial charge on any atom is -0.491 e. The molecule has 0 bridgehead atoms. The molecule has 0 aromatic heterocycles. The van der Waals surface area contributed by atoms with Crippen LogP contribution in [-0.4, -0.2) is 32.4 Å². The summed E-state index contributed by atoms with van der Waals surface area (Å²) in [7, 11) is 0. The van der Waals surface area contributed by atoms with Gasteiger partial charge in [0.2, 0.25) is 0 Å². The zero-order chi connectivity index (χ0) is 19.9. The third-order valence-electron chi connectivity index (χ3n) is 5.51. The monoisotopic (exact) mass is 381 g/mol. The van der Waals surface area contributed by atoms with Crippen molar-refractivity contribution in [3.63, 3.8) is 0 Å². The van der Waals surface area contributed by atoms with Crippen molar-refractivity contribution in [1.29, 1.82) is 0 Å². The number of rotatable bonds is 8. The Morgan fingerprint density at radius 1 is 0.964 bits per heavy atom. The maximum Gasteiger partial charge on any atom is 0.119 e. The van der Waals surface area contributed by atoms with Gasteiger partial charge in [-0.15, -0.1) is 0 Å². The van der Waals surface area contributed by atoms with Crippen molar-refractivity contribution in [2.75, 3.05) is 31.2 Å². The molecule has 0 spiro atoms. The van der Waals surface area contributed by atoms with E-state index in [4.69, 9.17) is 9.47 Å². The minimum absolute atomic E-state index is 0.197. The van der Waals surface area contributed by atoms with E-state index in [1.54, 1.807) is 0 Å². The van der Waals surface area contributed by atoms with Crippen molar-refractivity contribution in [2.45, 2.75) is 59.0 Å². The molecule has 1 unspecified atom stereocenters. The summed E-state index contributed by atoms with van der Waals surface area (Å²) in [5, 5.41) is 0. The van der Waals surface area contributed by atoms with Gasteiger partial charge in [-0.3, -0.25) is 0 Å². The van der Waals surface area contributed by atoms with Crippen molar-refractivity contribution < 1.29 is 9.47 Å². The Morgan fingerprint density at radius 2 is 1.64 bits per heavy atom. The molecule has 0 radical (unpaired) electrons. The molecule has 2 aromatic rings. The summed E-state index contributed by atoms with van der Waals surface area (Å²) >= 11 is 0. The number of benzene rings is 2. The van der Waals surface area contributed by atoms with Crippen molar-refractivity contribution in [1.82, 2.24) is 0 Å². The zero-order valence-corrected chi connectivity index (χ0v) is 17.9. The van der Waals surface area contributed by atoms with Crippen LogP contribution in [0, 0.1) is 0 Å². The van der Waals surface area contributed by atoms with Gasteiger partial charge in [-0.05, 0) is 67.5 Å². The summed E-state index contributed by atoms with van der Waals surface area (Å²) in [6, 6.07) is 15.5. The van der Waals surface area contributed by atoms with Crippen molar-refractivity contribution in [3.05, 3.63) is 48.0 Å². The first-order chi connectivity index (χ1) is 13.6. The van der Waals surface area contributed by atoms with E-state index in [-0.39, 0.29) is 6.10 Å². The second-order valence-corrected chi connectivity index (χ2v) is 7.96. The average molecular weight is 382 g/mol. The second-order valence-electron chi connectivity index (χ2n) is 7.96. The molecule has 3 heteroatoms. The van der Waals surface area contributed by atoms with Gasteiger partial charge in [-0.25, -0.2) is 0 Å². The molecule has 0 saturated carbocycles. The molecule has 1 aliphatic rings. The molecule has 1 heterocycles. The molecule has 0 aliphatic carbocycles. The maximum absolute atomic E-state index is 5.79. The van der Waals surface area contributed by atoms with E-state index in [2.05, 4.69) is 75.1 Å². The molecular weight excluding hydrogens is 346 g/mol. The fourth-order valence-corrected chi connectivity index (χ4v) is 4.07. The number of nitrogens with zero attached hydrogens (tertiary/aromatic N) is 1. The third-order valence-corrected chi connectivity index (χ3v) is 5.51. The van der Waals surface area contributed by atoms with E-state index in [1.807, 2.05) is 0 Å². The fourth-order valence-electron chi connectivity index (χ4n) is 4.07. The van der Waals surface area contributed by atoms with Gasteiger partial charge >= 0.3 is 0 Å². The average Bonchev–Trinajstić information content (AvgIpc) is 2.72. The van der Waals surface area contributed by atoms with E-state index >= 15 is 0 Å². The number of morpholine rings is 1. The van der Waals surface area contributed by atoms with E-state index in [9.17, 15) is 0 Å². The lowest BCUT2D eigenvalue weighted by Crippen LogP contribution is -2.37. The van der Waals surface area contributed by atoms with E-state index in [0.29, 0.717) is 5.92 Å². The normalized spacial score (nSPS) is 15.7. The molecule has 3 rings (SSSR count). The number of ether oxygens (including phenoxy) is 2. The Kier molecular flexibility index (Phi) is 7.38. The van der Waals surface area contributed by atoms with E-state index < -0.39 is 0 Å². The van der Waals surface area contributed by atoms with E-state index in [1.165, 1.54) is 41.6 Å². The highest BCUT2D eigenvalue weighted by Gasteiger charge is 2.20. The molecule has 1 saturated heterocycles. The van der Waals surface area contributed by atoms with Crippen molar-refractivity contribution >= 4 is 5.69 Å². The SMILES string of the molecule is CCCC(CC)c1ccc(-c2ccc(OC(C)C)cc2)cc1N1CCOCC1. The predicted molar refractivity (Wildman–Crippen MR) is 119 cm³/mol. The highest BCUT2D eigenvalue weighted by molar-refractivity contribution is 5.71. The van der Waals surface area contributed by atoms with Crippen LogP contribution >= 0.6 is 0 Å². The molecule has 3 nitrogen and oxygen atoms in total. The second kappa shape index (κ2) is 9.97. The van der Waals surface area contributed by atoms with Crippen LogP contribution in [0.15, 0.2) is 42.5 Å². The summed E-state index contributed by atoms with van der Waals surface area (Å²) in [6.45, 7) is 12.3. The Bertz CT molecular complexity index is 733. The van der Waals surface area contributed by atoms with Crippen LogP contribution in [0.25, 0.3) is 11.1 Å². The first-order valence-electron chi connectivity index (χ1n) is 10.9. The van der Waals surface area contributed by atoms with Crippen molar-refractivity contribution in [3.8, 4) is 16.9 Å². The lowest BCUT2D eigenvalue weighted by molar-refractivity contribution is 0.122. The van der Waals surface area contributed by atoms with Gasteiger partial charge < -0.3 is 14.4 Å². The van der Waals surface area contributed by atoms with Gasteiger partial charge in [0.1, 0.15) is 5.75 Å². The Morgan fingerprint density at radius 3 is 2.25 bits per heavy atom. The van der Waals surface area contributed by atoms with Crippen LogP contribution in [0.5, 0.6) is 5.75 Å². The largest absolute Gasteiger partial charge is 0.491 e. The molecule has 1 fully saturated rings. The minimum atomic E-state index is 0.197. The number of hydrogen-bond acceptors (Lipinski definition) is 3.